The highest BCUT2D eigenvalue weighted by Gasteiger charge is 2.18. The smallest absolute Gasteiger partial charge is 0.338 e. The molecule has 0 aliphatic heterocycles. The van der Waals surface area contributed by atoms with Gasteiger partial charge in [0.2, 0.25) is 5.91 Å². The average molecular weight is 368 g/mol. The normalized spacial score (nSPS) is 10.6. The summed E-state index contributed by atoms with van der Waals surface area (Å²) in [5, 5.41) is 3.17. The highest BCUT2D eigenvalue weighted by atomic mass is 19.1. The number of carbonyl (C=O) groups excluding carboxylic acids is 3. The Balaban J connectivity index is 1.88. The van der Waals surface area contributed by atoms with Crippen molar-refractivity contribution in [2.75, 3.05) is 11.9 Å². The molecule has 1 heterocycles. The quantitative estimate of drug-likeness (QED) is 0.709. The number of hydrogen-bond donors (Lipinski definition) is 1. The summed E-state index contributed by atoms with van der Waals surface area (Å²) in [7, 11) is 0. The predicted molar refractivity (Wildman–Crippen MR) is 98.5 cm³/mol. The molecule has 138 valence electrons. The third kappa shape index (κ3) is 3.72. The van der Waals surface area contributed by atoms with Crippen LogP contribution in [0.1, 0.15) is 39.4 Å². The van der Waals surface area contributed by atoms with Crippen LogP contribution in [0.5, 0.6) is 0 Å². The van der Waals surface area contributed by atoms with E-state index < -0.39 is 17.7 Å². The third-order valence-electron chi connectivity index (χ3n) is 4.01. The number of amides is 1. The van der Waals surface area contributed by atoms with E-state index >= 15 is 0 Å². The van der Waals surface area contributed by atoms with Crippen LogP contribution in [0, 0.1) is 5.82 Å². The van der Waals surface area contributed by atoms with Crippen molar-refractivity contribution in [3.05, 3.63) is 65.6 Å². The predicted octanol–water partition coefficient (Wildman–Crippen LogP) is 3.87. The summed E-state index contributed by atoms with van der Waals surface area (Å²) >= 11 is 0. The first-order valence-corrected chi connectivity index (χ1v) is 8.30. The van der Waals surface area contributed by atoms with Crippen LogP contribution in [-0.4, -0.2) is 29.0 Å². The molecule has 0 spiro atoms. The van der Waals surface area contributed by atoms with Crippen molar-refractivity contribution in [3.8, 4) is 0 Å². The van der Waals surface area contributed by atoms with E-state index in [0.717, 1.165) is 0 Å². The minimum atomic E-state index is -0.496. The topological polar surface area (TPSA) is 77.4 Å². The summed E-state index contributed by atoms with van der Waals surface area (Å²) < 4.78 is 19.7. The van der Waals surface area contributed by atoms with E-state index in [0.29, 0.717) is 22.2 Å². The number of nitrogens with zero attached hydrogens (tertiary/aromatic N) is 1. The molecule has 3 rings (SSSR count). The number of ether oxygens (including phenoxy) is 1. The second-order valence-electron chi connectivity index (χ2n) is 5.85. The van der Waals surface area contributed by atoms with Gasteiger partial charge in [-0.05, 0) is 49.4 Å². The number of nitrogens with one attached hydrogen (secondary N) is 1. The fourth-order valence-electron chi connectivity index (χ4n) is 2.74. The molecule has 0 bridgehead atoms. The molecule has 3 aromatic rings. The molecular formula is C20H17FN2O4. The third-order valence-corrected chi connectivity index (χ3v) is 4.01. The fraction of sp³-hybridized carbons (Fsp3) is 0.150. The number of anilines is 1. The van der Waals surface area contributed by atoms with Crippen LogP contribution >= 0.6 is 0 Å². The van der Waals surface area contributed by atoms with Crippen molar-refractivity contribution >= 4 is 34.4 Å². The van der Waals surface area contributed by atoms with Gasteiger partial charge in [0.05, 0.1) is 23.3 Å². The molecule has 2 aromatic carbocycles. The molecule has 0 unspecified atom stereocenters. The maximum absolute atomic E-state index is 13.5. The van der Waals surface area contributed by atoms with Gasteiger partial charge in [0.25, 0.3) is 5.91 Å². The maximum atomic E-state index is 13.5. The zero-order valence-corrected chi connectivity index (χ0v) is 14.8. The summed E-state index contributed by atoms with van der Waals surface area (Å²) in [5.74, 6) is -1.72. The van der Waals surface area contributed by atoms with E-state index in [9.17, 15) is 18.8 Å². The van der Waals surface area contributed by atoms with Crippen LogP contribution in [0.2, 0.25) is 0 Å². The molecule has 7 heteroatoms. The lowest BCUT2D eigenvalue weighted by molar-refractivity contribution is 0.0526. The van der Waals surface area contributed by atoms with Crippen molar-refractivity contribution < 1.29 is 23.5 Å². The Morgan fingerprint density at radius 2 is 1.81 bits per heavy atom. The van der Waals surface area contributed by atoms with E-state index in [-0.39, 0.29) is 18.1 Å². The van der Waals surface area contributed by atoms with Crippen molar-refractivity contribution in [2.24, 2.45) is 0 Å². The van der Waals surface area contributed by atoms with E-state index in [4.69, 9.17) is 4.74 Å². The fourth-order valence-corrected chi connectivity index (χ4v) is 2.74. The van der Waals surface area contributed by atoms with Crippen LogP contribution in [-0.2, 0) is 4.74 Å². The van der Waals surface area contributed by atoms with E-state index in [1.807, 2.05) is 0 Å². The van der Waals surface area contributed by atoms with Crippen molar-refractivity contribution in [2.45, 2.75) is 13.8 Å². The van der Waals surface area contributed by atoms with Gasteiger partial charge in [-0.2, -0.15) is 0 Å². The van der Waals surface area contributed by atoms with Crippen LogP contribution in [0.4, 0.5) is 10.1 Å². The lowest BCUT2D eigenvalue weighted by Crippen LogP contribution is -2.12. The SMILES string of the molecule is CCOC(=O)c1ccc(NC(=O)c2cn(C(C)=O)c3cc(F)ccc23)cc1. The Hall–Kier alpha value is -3.48. The molecule has 1 amide bonds. The number of benzene rings is 2. The van der Waals surface area contributed by atoms with Crippen LogP contribution in [0.15, 0.2) is 48.7 Å². The standard InChI is InChI=1S/C20H17FN2O4/c1-3-27-20(26)13-4-7-15(8-5-13)22-19(25)17-11-23(12(2)24)18-10-14(21)6-9-16(17)18/h4-11H,3H2,1-2H3,(H,22,25). The van der Waals surface area contributed by atoms with Crippen molar-refractivity contribution in [1.29, 1.82) is 0 Å². The number of carbonyl (C=O) groups is 3. The number of fused-ring (bicyclic) bond motifs is 1. The molecular weight excluding hydrogens is 351 g/mol. The van der Waals surface area contributed by atoms with Crippen molar-refractivity contribution in [1.82, 2.24) is 4.57 Å². The Bertz CT molecular complexity index is 1040. The van der Waals surface area contributed by atoms with Gasteiger partial charge >= 0.3 is 5.97 Å². The molecule has 1 N–H and O–H groups in total. The Labute approximate surface area is 154 Å². The molecule has 1 aromatic heterocycles. The summed E-state index contributed by atoms with van der Waals surface area (Å²) in [6, 6.07) is 10.1. The average Bonchev–Trinajstić information content (AvgIpc) is 3.01. The van der Waals surface area contributed by atoms with Gasteiger partial charge in [0.15, 0.2) is 0 Å². The molecule has 0 saturated heterocycles. The number of hydrogen-bond acceptors (Lipinski definition) is 4. The van der Waals surface area contributed by atoms with E-state index in [1.54, 1.807) is 31.2 Å². The summed E-state index contributed by atoms with van der Waals surface area (Å²) in [6.45, 7) is 3.33. The summed E-state index contributed by atoms with van der Waals surface area (Å²) in [6.07, 6.45) is 1.38. The van der Waals surface area contributed by atoms with Crippen molar-refractivity contribution in [3.63, 3.8) is 0 Å². The molecule has 0 atom stereocenters. The van der Waals surface area contributed by atoms with Crippen LogP contribution in [0.3, 0.4) is 0 Å². The lowest BCUT2D eigenvalue weighted by atomic mass is 10.1. The minimum Gasteiger partial charge on any atom is -0.462 e. The summed E-state index contributed by atoms with van der Waals surface area (Å²) in [4.78, 5) is 36.1. The number of esters is 1. The zero-order valence-electron chi connectivity index (χ0n) is 14.8. The largest absolute Gasteiger partial charge is 0.462 e. The first-order chi connectivity index (χ1) is 12.9. The number of aromatic nitrogens is 1. The summed E-state index contributed by atoms with van der Waals surface area (Å²) in [5.41, 5.74) is 1.41. The molecule has 0 aliphatic carbocycles. The molecule has 0 fully saturated rings. The first-order valence-electron chi connectivity index (χ1n) is 8.30. The van der Waals surface area contributed by atoms with E-state index in [2.05, 4.69) is 5.32 Å². The highest BCUT2D eigenvalue weighted by Crippen LogP contribution is 2.24. The molecule has 6 nitrogen and oxygen atoms in total. The van der Waals surface area contributed by atoms with Gasteiger partial charge in [0, 0.05) is 24.2 Å². The maximum Gasteiger partial charge on any atom is 0.338 e. The van der Waals surface area contributed by atoms with Gasteiger partial charge in [-0.25, -0.2) is 9.18 Å². The molecule has 0 aliphatic rings. The minimum absolute atomic E-state index is 0.245. The molecule has 27 heavy (non-hydrogen) atoms. The van der Waals surface area contributed by atoms with Crippen LogP contribution in [0.25, 0.3) is 10.9 Å². The van der Waals surface area contributed by atoms with Gasteiger partial charge < -0.3 is 10.1 Å². The van der Waals surface area contributed by atoms with Gasteiger partial charge in [0.1, 0.15) is 5.82 Å². The van der Waals surface area contributed by atoms with Gasteiger partial charge in [-0.1, -0.05) is 0 Å². The second kappa shape index (κ2) is 7.41. The van der Waals surface area contributed by atoms with E-state index in [1.165, 1.54) is 35.9 Å². The Morgan fingerprint density at radius 1 is 1.11 bits per heavy atom. The van der Waals surface area contributed by atoms with Crippen LogP contribution < -0.4 is 5.32 Å². The number of halogens is 1. The lowest BCUT2D eigenvalue weighted by Gasteiger charge is -2.06. The van der Waals surface area contributed by atoms with Gasteiger partial charge in [-0.3, -0.25) is 14.2 Å². The monoisotopic (exact) mass is 368 g/mol. The molecule has 0 saturated carbocycles. The first kappa shape index (κ1) is 18.3. The zero-order chi connectivity index (χ0) is 19.6. The second-order valence-corrected chi connectivity index (χ2v) is 5.85. The molecule has 0 radical (unpaired) electrons. The Morgan fingerprint density at radius 3 is 2.44 bits per heavy atom. The highest BCUT2D eigenvalue weighted by molar-refractivity contribution is 6.14. The Kier molecular flexibility index (Phi) is 5.03. The number of rotatable bonds is 4. The van der Waals surface area contributed by atoms with Gasteiger partial charge in [-0.15, -0.1) is 0 Å².